The highest BCUT2D eigenvalue weighted by atomic mass is 32.2. The number of thioether (sulfide) groups is 1. The first-order valence-electron chi connectivity index (χ1n) is 5.18. The molecule has 0 heterocycles. The van der Waals surface area contributed by atoms with E-state index in [0.29, 0.717) is 6.42 Å². The van der Waals surface area contributed by atoms with Gasteiger partial charge in [0.05, 0.1) is 4.92 Å². The number of benzene rings is 1. The Morgan fingerprint density at radius 2 is 2.06 bits per heavy atom. The van der Waals surface area contributed by atoms with E-state index in [1.807, 2.05) is 6.92 Å². The molecule has 1 aromatic rings. The SMILES string of the molecule is CCCC(Sc1ccc([N+](=O)[O-])cc1)C(=O)O. The van der Waals surface area contributed by atoms with Crippen LogP contribution in [0.3, 0.4) is 0 Å². The van der Waals surface area contributed by atoms with Crippen LogP contribution >= 0.6 is 11.8 Å². The van der Waals surface area contributed by atoms with Crippen molar-refractivity contribution < 1.29 is 14.8 Å². The van der Waals surface area contributed by atoms with Crippen molar-refractivity contribution in [1.29, 1.82) is 0 Å². The van der Waals surface area contributed by atoms with Gasteiger partial charge in [-0.05, 0) is 18.6 Å². The van der Waals surface area contributed by atoms with Gasteiger partial charge in [0.2, 0.25) is 0 Å². The quantitative estimate of drug-likeness (QED) is 0.480. The van der Waals surface area contributed by atoms with Gasteiger partial charge in [0.1, 0.15) is 5.25 Å². The molecule has 1 N–H and O–H groups in total. The molecule has 0 radical (unpaired) electrons. The first kappa shape index (κ1) is 13.5. The van der Waals surface area contributed by atoms with Crippen LogP contribution in [0, 0.1) is 10.1 Å². The normalized spacial score (nSPS) is 12.1. The predicted molar refractivity (Wildman–Crippen MR) is 65.3 cm³/mol. The maximum Gasteiger partial charge on any atom is 0.316 e. The molecule has 0 aliphatic rings. The number of carboxylic acid groups (broad SMARTS) is 1. The summed E-state index contributed by atoms with van der Waals surface area (Å²) in [5.41, 5.74) is 0.0108. The average molecular weight is 255 g/mol. The van der Waals surface area contributed by atoms with E-state index >= 15 is 0 Å². The molecule has 0 aromatic heterocycles. The van der Waals surface area contributed by atoms with E-state index in [-0.39, 0.29) is 5.69 Å². The lowest BCUT2D eigenvalue weighted by molar-refractivity contribution is -0.384. The van der Waals surface area contributed by atoms with E-state index in [9.17, 15) is 14.9 Å². The molecular weight excluding hydrogens is 242 g/mol. The molecular formula is C11H13NO4S. The van der Waals surface area contributed by atoms with Crippen LogP contribution in [0.1, 0.15) is 19.8 Å². The fourth-order valence-electron chi connectivity index (χ4n) is 1.31. The average Bonchev–Trinajstić information content (AvgIpc) is 2.29. The van der Waals surface area contributed by atoms with Crippen LogP contribution in [0.5, 0.6) is 0 Å². The van der Waals surface area contributed by atoms with E-state index in [1.165, 1.54) is 23.9 Å². The minimum absolute atomic E-state index is 0.0108. The molecule has 1 unspecified atom stereocenters. The third-order valence-electron chi connectivity index (χ3n) is 2.15. The first-order valence-corrected chi connectivity index (χ1v) is 6.06. The van der Waals surface area contributed by atoms with Crippen molar-refractivity contribution >= 4 is 23.4 Å². The molecule has 1 rings (SSSR count). The largest absolute Gasteiger partial charge is 0.480 e. The third-order valence-corrected chi connectivity index (χ3v) is 3.42. The number of aliphatic carboxylic acids is 1. The van der Waals surface area contributed by atoms with Crippen molar-refractivity contribution in [2.75, 3.05) is 0 Å². The number of non-ortho nitro benzene ring substituents is 1. The van der Waals surface area contributed by atoms with Gasteiger partial charge in [0.25, 0.3) is 5.69 Å². The van der Waals surface area contributed by atoms with E-state index in [1.54, 1.807) is 12.1 Å². The molecule has 17 heavy (non-hydrogen) atoms. The Bertz CT molecular complexity index is 404. The van der Waals surface area contributed by atoms with Gasteiger partial charge in [0, 0.05) is 17.0 Å². The van der Waals surface area contributed by atoms with Crippen molar-refractivity contribution in [3.05, 3.63) is 34.4 Å². The number of carboxylic acids is 1. The number of nitrogens with zero attached hydrogens (tertiary/aromatic N) is 1. The van der Waals surface area contributed by atoms with Gasteiger partial charge >= 0.3 is 5.97 Å². The monoisotopic (exact) mass is 255 g/mol. The fraction of sp³-hybridized carbons (Fsp3) is 0.364. The standard InChI is InChI=1S/C11H13NO4S/c1-2-3-10(11(13)14)17-9-6-4-8(5-7-9)12(15)16/h4-7,10H,2-3H2,1H3,(H,13,14). The maximum atomic E-state index is 10.9. The van der Waals surface area contributed by atoms with E-state index in [4.69, 9.17) is 5.11 Å². The van der Waals surface area contributed by atoms with Crippen molar-refractivity contribution in [3.63, 3.8) is 0 Å². The van der Waals surface area contributed by atoms with Gasteiger partial charge in [0.15, 0.2) is 0 Å². The third kappa shape index (κ3) is 4.07. The highest BCUT2D eigenvalue weighted by Crippen LogP contribution is 2.27. The Morgan fingerprint density at radius 3 is 2.47 bits per heavy atom. The van der Waals surface area contributed by atoms with Gasteiger partial charge in [-0.2, -0.15) is 0 Å². The second kappa shape index (κ2) is 6.24. The lowest BCUT2D eigenvalue weighted by Gasteiger charge is -2.10. The molecule has 0 saturated heterocycles. The molecule has 0 aliphatic heterocycles. The highest BCUT2D eigenvalue weighted by Gasteiger charge is 2.18. The molecule has 1 aromatic carbocycles. The maximum absolute atomic E-state index is 10.9. The summed E-state index contributed by atoms with van der Waals surface area (Å²) in [5.74, 6) is -0.852. The van der Waals surface area contributed by atoms with Crippen molar-refractivity contribution in [2.45, 2.75) is 29.9 Å². The number of hydrogen-bond donors (Lipinski definition) is 1. The zero-order valence-corrected chi connectivity index (χ0v) is 10.1. The van der Waals surface area contributed by atoms with Gasteiger partial charge in [-0.1, -0.05) is 13.3 Å². The Balaban J connectivity index is 2.73. The fourth-order valence-corrected chi connectivity index (χ4v) is 2.38. The van der Waals surface area contributed by atoms with Gasteiger partial charge in [-0.25, -0.2) is 0 Å². The van der Waals surface area contributed by atoms with Crippen molar-refractivity contribution in [1.82, 2.24) is 0 Å². The molecule has 0 fully saturated rings. The molecule has 0 bridgehead atoms. The molecule has 0 spiro atoms. The van der Waals surface area contributed by atoms with Crippen LogP contribution in [0.2, 0.25) is 0 Å². The molecule has 0 aliphatic carbocycles. The summed E-state index contributed by atoms with van der Waals surface area (Å²) in [6.45, 7) is 1.92. The Labute approximate surface area is 103 Å². The smallest absolute Gasteiger partial charge is 0.316 e. The molecule has 92 valence electrons. The molecule has 0 amide bonds. The molecule has 1 atom stereocenters. The summed E-state index contributed by atoms with van der Waals surface area (Å²) in [7, 11) is 0. The number of hydrogen-bond acceptors (Lipinski definition) is 4. The molecule has 5 nitrogen and oxygen atoms in total. The van der Waals surface area contributed by atoms with Crippen LogP contribution in [-0.4, -0.2) is 21.2 Å². The van der Waals surface area contributed by atoms with Gasteiger partial charge in [-0.3, -0.25) is 14.9 Å². The Morgan fingerprint density at radius 1 is 1.47 bits per heavy atom. The molecule has 0 saturated carbocycles. The van der Waals surface area contributed by atoms with Gasteiger partial charge < -0.3 is 5.11 Å². The first-order chi connectivity index (χ1) is 8.04. The van der Waals surface area contributed by atoms with Crippen LogP contribution < -0.4 is 0 Å². The second-order valence-electron chi connectivity index (χ2n) is 3.48. The van der Waals surface area contributed by atoms with E-state index in [0.717, 1.165) is 11.3 Å². The summed E-state index contributed by atoms with van der Waals surface area (Å²) in [6, 6.07) is 5.92. The Hall–Kier alpha value is -1.56. The summed E-state index contributed by atoms with van der Waals surface area (Å²) < 4.78 is 0. The minimum Gasteiger partial charge on any atom is -0.480 e. The summed E-state index contributed by atoms with van der Waals surface area (Å²) >= 11 is 1.22. The zero-order chi connectivity index (χ0) is 12.8. The summed E-state index contributed by atoms with van der Waals surface area (Å²) in [4.78, 5) is 21.6. The number of nitro benzene ring substituents is 1. The number of rotatable bonds is 6. The van der Waals surface area contributed by atoms with Crippen molar-refractivity contribution in [2.24, 2.45) is 0 Å². The predicted octanol–water partition coefficient (Wildman–Crippen LogP) is 2.94. The lowest BCUT2D eigenvalue weighted by atomic mass is 10.2. The van der Waals surface area contributed by atoms with Crippen LogP contribution in [0.4, 0.5) is 5.69 Å². The van der Waals surface area contributed by atoms with Crippen molar-refractivity contribution in [3.8, 4) is 0 Å². The van der Waals surface area contributed by atoms with E-state index in [2.05, 4.69) is 0 Å². The van der Waals surface area contributed by atoms with E-state index < -0.39 is 16.1 Å². The van der Waals surface area contributed by atoms with Crippen LogP contribution in [0.25, 0.3) is 0 Å². The summed E-state index contributed by atoms with van der Waals surface area (Å²) in [6.07, 6.45) is 1.37. The summed E-state index contributed by atoms with van der Waals surface area (Å²) in [5, 5.41) is 18.9. The number of carbonyl (C=O) groups is 1. The lowest BCUT2D eigenvalue weighted by Crippen LogP contribution is -2.15. The zero-order valence-electron chi connectivity index (χ0n) is 9.33. The number of nitro groups is 1. The van der Waals surface area contributed by atoms with Crippen LogP contribution in [0.15, 0.2) is 29.2 Å². The topological polar surface area (TPSA) is 80.4 Å². The Kier molecular flexibility index (Phi) is 4.96. The molecule has 6 heteroatoms. The van der Waals surface area contributed by atoms with Crippen LogP contribution in [-0.2, 0) is 4.79 Å². The van der Waals surface area contributed by atoms with Gasteiger partial charge in [-0.15, -0.1) is 11.8 Å². The highest BCUT2D eigenvalue weighted by molar-refractivity contribution is 8.00. The second-order valence-corrected chi connectivity index (χ2v) is 4.76. The minimum atomic E-state index is -0.852.